The molecule has 2 aromatic carbocycles. The standard InChI is InChI=1S/2C23H40O3S.Ba/c2*1-2-3-4-5-6-7-8-9-10-11-12-13-14-15-16-18-22-19-17-20-23(21-22)27(24,25)26;/h2*17,19-21H,2-16,18H2,1H3,(H,24,25,26);/q;;+2/p-2. The first kappa shape index (κ1) is 54.8. The Morgan fingerprint density at radius 1 is 0.364 bits per heavy atom. The molecule has 0 fully saturated rings. The van der Waals surface area contributed by atoms with Crippen LogP contribution in [0.25, 0.3) is 0 Å². The first-order valence-electron chi connectivity index (χ1n) is 22.2. The van der Waals surface area contributed by atoms with Gasteiger partial charge < -0.3 is 9.11 Å². The molecule has 55 heavy (non-hydrogen) atoms. The first-order valence-corrected chi connectivity index (χ1v) is 25.0. The van der Waals surface area contributed by atoms with Crippen LogP contribution in [-0.4, -0.2) is 74.8 Å². The zero-order valence-corrected chi connectivity index (χ0v) is 41.3. The van der Waals surface area contributed by atoms with Crippen LogP contribution in [-0.2, 0) is 33.1 Å². The number of unbranched alkanes of at least 4 members (excludes halogenated alkanes) is 28. The molecule has 0 bridgehead atoms. The van der Waals surface area contributed by atoms with E-state index >= 15 is 0 Å². The van der Waals surface area contributed by atoms with Crippen LogP contribution in [0.1, 0.15) is 218 Å². The Labute approximate surface area is 380 Å². The summed E-state index contributed by atoms with van der Waals surface area (Å²) in [7, 11) is -8.67. The third-order valence-electron chi connectivity index (χ3n) is 10.5. The van der Waals surface area contributed by atoms with E-state index in [4.69, 9.17) is 0 Å². The van der Waals surface area contributed by atoms with Gasteiger partial charge in [-0.05, 0) is 61.1 Å². The van der Waals surface area contributed by atoms with E-state index in [9.17, 15) is 25.9 Å². The number of aryl methyl sites for hydroxylation is 2. The van der Waals surface area contributed by atoms with E-state index in [1.54, 1.807) is 12.1 Å². The molecular formula is C46H78BaO6S2. The van der Waals surface area contributed by atoms with Crippen molar-refractivity contribution in [1.29, 1.82) is 0 Å². The van der Waals surface area contributed by atoms with Crippen LogP contribution in [0.15, 0.2) is 58.3 Å². The molecule has 0 amide bonds. The fraction of sp³-hybridized carbons (Fsp3) is 0.739. The van der Waals surface area contributed by atoms with Gasteiger partial charge in [0.1, 0.15) is 20.2 Å². The maximum absolute atomic E-state index is 11.0. The van der Waals surface area contributed by atoms with Gasteiger partial charge in [0.2, 0.25) is 0 Å². The Bertz CT molecular complexity index is 1270. The van der Waals surface area contributed by atoms with Crippen LogP contribution in [0.4, 0.5) is 0 Å². The average Bonchev–Trinajstić information content (AvgIpc) is 3.14. The second-order valence-electron chi connectivity index (χ2n) is 15.6. The second-order valence-corrected chi connectivity index (χ2v) is 18.4. The van der Waals surface area contributed by atoms with Gasteiger partial charge in [0.15, 0.2) is 0 Å². The van der Waals surface area contributed by atoms with Crippen LogP contribution in [0.3, 0.4) is 0 Å². The van der Waals surface area contributed by atoms with E-state index in [0.717, 1.165) is 36.8 Å². The van der Waals surface area contributed by atoms with Gasteiger partial charge in [0, 0.05) is 0 Å². The number of hydrogen-bond donors (Lipinski definition) is 0. The first-order chi connectivity index (χ1) is 26.1. The summed E-state index contributed by atoms with van der Waals surface area (Å²) in [5, 5.41) is 0. The Hall–Kier alpha value is -0.169. The topological polar surface area (TPSA) is 114 Å². The monoisotopic (exact) mass is 928 g/mol. The molecule has 312 valence electrons. The van der Waals surface area contributed by atoms with Crippen molar-refractivity contribution >= 4 is 69.1 Å². The predicted molar refractivity (Wildman–Crippen MR) is 232 cm³/mol. The van der Waals surface area contributed by atoms with Gasteiger partial charge in [0.25, 0.3) is 0 Å². The van der Waals surface area contributed by atoms with Gasteiger partial charge in [-0.25, -0.2) is 16.8 Å². The van der Waals surface area contributed by atoms with E-state index < -0.39 is 20.2 Å². The Morgan fingerprint density at radius 2 is 0.582 bits per heavy atom. The molecule has 0 aliphatic heterocycles. The van der Waals surface area contributed by atoms with E-state index in [-0.39, 0.29) is 58.7 Å². The smallest absolute Gasteiger partial charge is 0.744 e. The predicted octanol–water partition coefficient (Wildman–Crippen LogP) is 13.6. The maximum atomic E-state index is 11.0. The third-order valence-corrected chi connectivity index (χ3v) is 12.2. The minimum Gasteiger partial charge on any atom is -0.744 e. The zero-order valence-electron chi connectivity index (χ0n) is 35.2. The molecule has 2 rings (SSSR count). The van der Waals surface area contributed by atoms with Gasteiger partial charge in [-0.15, -0.1) is 0 Å². The van der Waals surface area contributed by atoms with Gasteiger partial charge >= 0.3 is 48.9 Å². The molecule has 0 heterocycles. The van der Waals surface area contributed by atoms with Crippen LogP contribution in [0.5, 0.6) is 0 Å². The Morgan fingerprint density at radius 3 is 0.800 bits per heavy atom. The van der Waals surface area contributed by atoms with Gasteiger partial charge in [-0.1, -0.05) is 218 Å². The summed E-state index contributed by atoms with van der Waals surface area (Å²) in [5.41, 5.74) is 1.89. The molecule has 0 aliphatic rings. The van der Waals surface area contributed by atoms with E-state index in [0.29, 0.717) is 0 Å². The molecule has 0 radical (unpaired) electrons. The van der Waals surface area contributed by atoms with E-state index in [1.165, 1.54) is 204 Å². The summed E-state index contributed by atoms with van der Waals surface area (Å²) in [6.45, 7) is 4.53. The molecular weight excluding hydrogens is 850 g/mol. The van der Waals surface area contributed by atoms with E-state index in [2.05, 4.69) is 13.8 Å². The van der Waals surface area contributed by atoms with Crippen LogP contribution in [0.2, 0.25) is 0 Å². The summed E-state index contributed by atoms with van der Waals surface area (Å²) >= 11 is 0. The van der Waals surface area contributed by atoms with Crippen molar-refractivity contribution in [3.63, 3.8) is 0 Å². The number of hydrogen-bond acceptors (Lipinski definition) is 6. The fourth-order valence-corrected chi connectivity index (χ4v) is 8.20. The third kappa shape index (κ3) is 33.4. The van der Waals surface area contributed by atoms with Gasteiger partial charge in [-0.2, -0.15) is 0 Å². The largest absolute Gasteiger partial charge is 2.00 e. The Kier molecular flexibility index (Phi) is 36.8. The molecule has 0 saturated heterocycles. The fourth-order valence-electron chi connectivity index (χ4n) is 7.11. The van der Waals surface area contributed by atoms with Crippen molar-refractivity contribution in [1.82, 2.24) is 0 Å². The molecule has 0 spiro atoms. The molecule has 2 aromatic rings. The molecule has 0 unspecified atom stereocenters. The summed E-state index contributed by atoms with van der Waals surface area (Å²) in [5.74, 6) is 0. The molecule has 6 nitrogen and oxygen atoms in total. The normalized spacial score (nSPS) is 11.6. The zero-order chi connectivity index (χ0) is 39.6. The maximum Gasteiger partial charge on any atom is 2.00 e. The van der Waals surface area contributed by atoms with Crippen molar-refractivity contribution in [3.05, 3.63) is 59.7 Å². The molecule has 0 N–H and O–H groups in total. The van der Waals surface area contributed by atoms with Crippen LogP contribution < -0.4 is 0 Å². The Balaban J connectivity index is 0.00000104. The summed E-state index contributed by atoms with van der Waals surface area (Å²) < 4.78 is 66.3. The van der Waals surface area contributed by atoms with E-state index in [1.807, 2.05) is 12.1 Å². The summed E-state index contributed by atoms with van der Waals surface area (Å²) in [4.78, 5) is -0.220. The molecule has 9 heteroatoms. The average molecular weight is 929 g/mol. The number of rotatable bonds is 34. The van der Waals surface area contributed by atoms with Gasteiger partial charge in [-0.3, -0.25) is 0 Å². The molecule has 0 aliphatic carbocycles. The quantitative estimate of drug-likeness (QED) is 0.0392. The summed E-state index contributed by atoms with van der Waals surface area (Å²) in [6, 6.07) is 12.9. The van der Waals surface area contributed by atoms with Crippen molar-refractivity contribution in [2.24, 2.45) is 0 Å². The number of benzene rings is 2. The minimum atomic E-state index is -4.34. The van der Waals surface area contributed by atoms with Crippen LogP contribution >= 0.6 is 0 Å². The summed E-state index contributed by atoms with van der Waals surface area (Å²) in [6.07, 6.45) is 41.8. The SMILES string of the molecule is CCCCCCCCCCCCCCCCCc1cccc(S(=O)(=O)[O-])c1.CCCCCCCCCCCCCCCCCc1cccc(S(=O)(=O)[O-])c1.[Ba+2]. The van der Waals surface area contributed by atoms with Gasteiger partial charge in [0.05, 0.1) is 9.79 Å². The van der Waals surface area contributed by atoms with Crippen molar-refractivity contribution in [3.8, 4) is 0 Å². The molecule has 0 aromatic heterocycles. The van der Waals surface area contributed by atoms with Crippen molar-refractivity contribution in [2.75, 3.05) is 0 Å². The van der Waals surface area contributed by atoms with Crippen molar-refractivity contribution < 1.29 is 25.9 Å². The molecule has 0 atom stereocenters. The minimum absolute atomic E-state index is 0. The molecule has 0 saturated carbocycles. The van der Waals surface area contributed by atoms with Crippen LogP contribution in [0, 0.1) is 0 Å². The van der Waals surface area contributed by atoms with Crippen molar-refractivity contribution in [2.45, 2.75) is 229 Å². The second kappa shape index (κ2) is 36.9.